The number of carboxylic acid groups (broad SMARTS) is 1. The summed E-state index contributed by atoms with van der Waals surface area (Å²) in [5.74, 6) is -0.745. The number of allylic oxidation sites excluding steroid dienone is 2. The molecule has 0 saturated heterocycles. The maximum atomic E-state index is 11.4. The molecule has 0 unspecified atom stereocenters. The van der Waals surface area contributed by atoms with Crippen LogP contribution in [-0.2, 0) is 4.79 Å². The first-order valence-electron chi connectivity index (χ1n) is 7.05. The van der Waals surface area contributed by atoms with E-state index in [4.69, 9.17) is 0 Å². The molecule has 2 N–H and O–H groups in total. The lowest BCUT2D eigenvalue weighted by Gasteiger charge is -2.28. The zero-order chi connectivity index (χ0) is 13.8. The summed E-state index contributed by atoms with van der Waals surface area (Å²) in [6.07, 6.45) is 5.87. The second kappa shape index (κ2) is 3.92. The van der Waals surface area contributed by atoms with E-state index in [0.717, 1.165) is 19.3 Å². The van der Waals surface area contributed by atoms with Gasteiger partial charge >= 0.3 is 5.97 Å². The van der Waals surface area contributed by atoms with E-state index in [1.807, 2.05) is 6.21 Å². The Balaban J connectivity index is 2.02. The third-order valence-corrected chi connectivity index (χ3v) is 5.44. The normalized spacial score (nSPS) is 44.1. The zero-order valence-electron chi connectivity index (χ0n) is 11.5. The SMILES string of the molecule is CC(C)=C1CC[C@]23C=N[C@H](C2)[C@@](O)(C(=O)O)CC[C@@H]13. The van der Waals surface area contributed by atoms with Crippen molar-refractivity contribution in [2.24, 2.45) is 16.3 Å². The van der Waals surface area contributed by atoms with Gasteiger partial charge < -0.3 is 10.2 Å². The van der Waals surface area contributed by atoms with E-state index in [1.54, 1.807) is 0 Å². The van der Waals surface area contributed by atoms with E-state index >= 15 is 0 Å². The molecule has 4 heteroatoms. The summed E-state index contributed by atoms with van der Waals surface area (Å²) in [4.78, 5) is 15.8. The number of aliphatic carboxylic acids is 1. The molecule has 0 aromatic carbocycles. The summed E-state index contributed by atoms with van der Waals surface area (Å²) in [6, 6.07) is -0.466. The van der Waals surface area contributed by atoms with E-state index in [2.05, 4.69) is 18.8 Å². The first-order chi connectivity index (χ1) is 8.89. The molecule has 3 aliphatic rings. The fourth-order valence-electron chi connectivity index (χ4n) is 4.30. The first kappa shape index (κ1) is 12.9. The van der Waals surface area contributed by atoms with E-state index in [-0.39, 0.29) is 5.41 Å². The molecule has 2 fully saturated rings. The second-order valence-corrected chi connectivity index (χ2v) is 6.58. The number of aliphatic imine (C=N–C) groups is 1. The molecule has 0 radical (unpaired) electrons. The average Bonchev–Trinajstić information content (AvgIpc) is 2.89. The van der Waals surface area contributed by atoms with Crippen molar-refractivity contribution in [2.45, 2.75) is 57.6 Å². The first-order valence-corrected chi connectivity index (χ1v) is 7.05. The van der Waals surface area contributed by atoms with Crippen LogP contribution in [0.1, 0.15) is 46.0 Å². The molecule has 2 saturated carbocycles. The number of hydrogen-bond acceptors (Lipinski definition) is 3. The van der Waals surface area contributed by atoms with Crippen molar-refractivity contribution >= 4 is 12.2 Å². The number of rotatable bonds is 1. The molecule has 0 amide bonds. The smallest absolute Gasteiger partial charge is 0.337 e. The highest BCUT2D eigenvalue weighted by molar-refractivity contribution is 5.81. The summed E-state index contributed by atoms with van der Waals surface area (Å²) < 4.78 is 0. The minimum Gasteiger partial charge on any atom is -0.479 e. The summed E-state index contributed by atoms with van der Waals surface area (Å²) in [5.41, 5.74) is 1.15. The van der Waals surface area contributed by atoms with Gasteiger partial charge in [-0.15, -0.1) is 0 Å². The lowest BCUT2D eigenvalue weighted by Crippen LogP contribution is -2.47. The number of aliphatic hydroxyl groups is 1. The molecule has 0 aromatic heterocycles. The van der Waals surface area contributed by atoms with Gasteiger partial charge in [0.15, 0.2) is 5.60 Å². The maximum Gasteiger partial charge on any atom is 0.337 e. The van der Waals surface area contributed by atoms with Crippen LogP contribution in [0, 0.1) is 11.3 Å². The Morgan fingerprint density at radius 1 is 1.42 bits per heavy atom. The summed E-state index contributed by atoms with van der Waals surface area (Å²) >= 11 is 0. The summed E-state index contributed by atoms with van der Waals surface area (Å²) in [7, 11) is 0. The van der Waals surface area contributed by atoms with Gasteiger partial charge in [-0.25, -0.2) is 4.79 Å². The van der Waals surface area contributed by atoms with Crippen LogP contribution in [0.4, 0.5) is 0 Å². The molecule has 3 rings (SSSR count). The highest BCUT2D eigenvalue weighted by Crippen LogP contribution is 2.57. The number of carboxylic acids is 1. The highest BCUT2D eigenvalue weighted by Gasteiger charge is 2.58. The maximum absolute atomic E-state index is 11.4. The third-order valence-electron chi connectivity index (χ3n) is 5.44. The van der Waals surface area contributed by atoms with Gasteiger partial charge in [0, 0.05) is 11.6 Å². The molecule has 104 valence electrons. The molecule has 4 atom stereocenters. The van der Waals surface area contributed by atoms with Crippen molar-refractivity contribution in [3.63, 3.8) is 0 Å². The molecule has 1 heterocycles. The van der Waals surface area contributed by atoms with Crippen LogP contribution < -0.4 is 0 Å². The van der Waals surface area contributed by atoms with Gasteiger partial charge in [-0.05, 0) is 51.9 Å². The van der Waals surface area contributed by atoms with Gasteiger partial charge in [0.1, 0.15) is 0 Å². The van der Waals surface area contributed by atoms with E-state index in [9.17, 15) is 15.0 Å². The molecule has 1 aliphatic heterocycles. The zero-order valence-corrected chi connectivity index (χ0v) is 11.5. The van der Waals surface area contributed by atoms with Crippen LogP contribution in [0.2, 0.25) is 0 Å². The Hall–Kier alpha value is -1.16. The average molecular weight is 263 g/mol. The molecular weight excluding hydrogens is 242 g/mol. The molecular formula is C15H21NO3. The summed E-state index contributed by atoms with van der Waals surface area (Å²) in [5, 5.41) is 19.8. The molecule has 0 aromatic rings. The van der Waals surface area contributed by atoms with Crippen LogP contribution in [0.3, 0.4) is 0 Å². The van der Waals surface area contributed by atoms with Crippen molar-refractivity contribution < 1.29 is 15.0 Å². The van der Waals surface area contributed by atoms with Crippen LogP contribution in [0.25, 0.3) is 0 Å². The molecule has 2 bridgehead atoms. The Morgan fingerprint density at radius 2 is 2.16 bits per heavy atom. The Labute approximate surface area is 113 Å². The number of fused-ring (bicyclic) bond motifs is 1. The monoisotopic (exact) mass is 263 g/mol. The topological polar surface area (TPSA) is 69.9 Å². The van der Waals surface area contributed by atoms with Crippen LogP contribution >= 0.6 is 0 Å². The van der Waals surface area contributed by atoms with Crippen LogP contribution in [0.5, 0.6) is 0 Å². The quantitative estimate of drug-likeness (QED) is 0.712. The van der Waals surface area contributed by atoms with E-state index in [1.165, 1.54) is 11.1 Å². The van der Waals surface area contributed by atoms with Gasteiger partial charge in [0.25, 0.3) is 0 Å². The van der Waals surface area contributed by atoms with Crippen molar-refractivity contribution in [3.8, 4) is 0 Å². The van der Waals surface area contributed by atoms with Gasteiger partial charge in [-0.2, -0.15) is 0 Å². The Bertz CT molecular complexity index is 492. The fraction of sp³-hybridized carbons (Fsp3) is 0.733. The largest absolute Gasteiger partial charge is 0.479 e. The second-order valence-electron chi connectivity index (χ2n) is 6.58. The predicted molar refractivity (Wildman–Crippen MR) is 72.2 cm³/mol. The Morgan fingerprint density at radius 3 is 2.79 bits per heavy atom. The van der Waals surface area contributed by atoms with Gasteiger partial charge in [-0.1, -0.05) is 11.1 Å². The van der Waals surface area contributed by atoms with Crippen molar-refractivity contribution in [3.05, 3.63) is 11.1 Å². The molecule has 19 heavy (non-hydrogen) atoms. The molecule has 2 aliphatic carbocycles. The number of hydrogen-bond donors (Lipinski definition) is 2. The minimum absolute atomic E-state index is 0.0111. The van der Waals surface area contributed by atoms with Crippen molar-refractivity contribution in [1.29, 1.82) is 0 Å². The van der Waals surface area contributed by atoms with E-state index < -0.39 is 17.6 Å². The standard InChI is InChI=1S/C15H21NO3/c1-9(2)10-3-5-14-7-12(16-8-14)15(19,13(17)18)6-4-11(10)14/h8,11-12,19H,3-7H2,1-2H3,(H,17,18)/t11-,12+,14+,15+/m0/s1. The fourth-order valence-corrected chi connectivity index (χ4v) is 4.30. The van der Waals surface area contributed by atoms with Crippen molar-refractivity contribution in [1.82, 2.24) is 0 Å². The van der Waals surface area contributed by atoms with Gasteiger partial charge in [0.05, 0.1) is 6.04 Å². The van der Waals surface area contributed by atoms with Crippen LogP contribution in [-0.4, -0.2) is 34.0 Å². The highest BCUT2D eigenvalue weighted by atomic mass is 16.4. The Kier molecular flexibility index (Phi) is 2.65. The lowest BCUT2D eigenvalue weighted by atomic mass is 9.74. The number of nitrogens with zero attached hydrogens (tertiary/aromatic N) is 1. The molecule has 4 nitrogen and oxygen atoms in total. The third kappa shape index (κ3) is 1.62. The minimum atomic E-state index is -1.67. The number of carbonyl (C=O) groups is 1. The summed E-state index contributed by atoms with van der Waals surface area (Å²) in [6.45, 7) is 4.26. The van der Waals surface area contributed by atoms with Crippen molar-refractivity contribution in [2.75, 3.05) is 0 Å². The van der Waals surface area contributed by atoms with Gasteiger partial charge in [-0.3, -0.25) is 4.99 Å². The van der Waals surface area contributed by atoms with E-state index in [0.29, 0.717) is 18.8 Å². The van der Waals surface area contributed by atoms with Crippen LogP contribution in [0.15, 0.2) is 16.1 Å². The predicted octanol–water partition coefficient (Wildman–Crippen LogP) is 2.17. The lowest BCUT2D eigenvalue weighted by molar-refractivity contribution is -0.161. The van der Waals surface area contributed by atoms with Gasteiger partial charge in [0.2, 0.25) is 0 Å². The molecule has 1 spiro atoms.